The molecule has 0 unspecified atom stereocenters. The molecule has 23 heavy (non-hydrogen) atoms. The van der Waals surface area contributed by atoms with Gasteiger partial charge in [-0.05, 0) is 31.4 Å². The number of hydrogen-bond donors (Lipinski definition) is 1. The monoisotopic (exact) mass is 350 g/mol. The highest BCUT2D eigenvalue weighted by Crippen LogP contribution is 2.29. The van der Waals surface area contributed by atoms with Gasteiger partial charge in [0.05, 0.1) is 28.1 Å². The fraction of sp³-hybridized carbons (Fsp3) is 0.312. The molecule has 0 radical (unpaired) electrons. The number of aromatic nitrogens is 2. The molecule has 1 aliphatic heterocycles. The SMILES string of the molecule is O=C(Nc1cccc(Cl)c1Cl)c1cnc(N2CCCCC2)cn1. The smallest absolute Gasteiger partial charge is 0.275 e. The van der Waals surface area contributed by atoms with Crippen molar-refractivity contribution in [1.29, 1.82) is 0 Å². The van der Waals surface area contributed by atoms with Gasteiger partial charge < -0.3 is 10.2 Å². The van der Waals surface area contributed by atoms with Crippen LogP contribution in [0.3, 0.4) is 0 Å². The van der Waals surface area contributed by atoms with Crippen LogP contribution in [0.1, 0.15) is 29.8 Å². The first-order chi connectivity index (χ1) is 11.1. The largest absolute Gasteiger partial charge is 0.355 e. The molecule has 0 bridgehead atoms. The molecule has 3 rings (SSSR count). The zero-order chi connectivity index (χ0) is 16.2. The number of halogens is 2. The van der Waals surface area contributed by atoms with Crippen molar-refractivity contribution in [3.63, 3.8) is 0 Å². The normalized spacial score (nSPS) is 14.6. The lowest BCUT2D eigenvalue weighted by Crippen LogP contribution is -2.30. The Hall–Kier alpha value is -1.85. The maximum atomic E-state index is 12.2. The second-order valence-electron chi connectivity index (χ2n) is 5.36. The first kappa shape index (κ1) is 16.0. The number of carbonyl (C=O) groups excluding carboxylic acids is 1. The lowest BCUT2D eigenvalue weighted by molar-refractivity contribution is 0.102. The number of carbonyl (C=O) groups is 1. The van der Waals surface area contributed by atoms with E-state index in [0.29, 0.717) is 15.7 Å². The fourth-order valence-corrected chi connectivity index (χ4v) is 2.86. The van der Waals surface area contributed by atoms with Gasteiger partial charge >= 0.3 is 0 Å². The summed E-state index contributed by atoms with van der Waals surface area (Å²) in [7, 11) is 0. The Bertz CT molecular complexity index is 700. The lowest BCUT2D eigenvalue weighted by Gasteiger charge is -2.27. The van der Waals surface area contributed by atoms with Gasteiger partial charge in [-0.15, -0.1) is 0 Å². The van der Waals surface area contributed by atoms with E-state index in [2.05, 4.69) is 20.2 Å². The van der Waals surface area contributed by atoms with E-state index >= 15 is 0 Å². The van der Waals surface area contributed by atoms with Crippen LogP contribution >= 0.6 is 23.2 Å². The summed E-state index contributed by atoms with van der Waals surface area (Å²) in [5, 5.41) is 3.39. The molecule has 1 N–H and O–H groups in total. The van der Waals surface area contributed by atoms with Crippen molar-refractivity contribution in [2.45, 2.75) is 19.3 Å². The van der Waals surface area contributed by atoms with Crippen molar-refractivity contribution in [1.82, 2.24) is 9.97 Å². The van der Waals surface area contributed by atoms with Crippen LogP contribution in [0.25, 0.3) is 0 Å². The summed E-state index contributed by atoms with van der Waals surface area (Å²) in [4.78, 5) is 23.0. The average Bonchev–Trinajstić information content (AvgIpc) is 2.60. The van der Waals surface area contributed by atoms with E-state index < -0.39 is 0 Å². The number of amides is 1. The van der Waals surface area contributed by atoms with Gasteiger partial charge in [0.25, 0.3) is 5.91 Å². The Labute approximate surface area is 144 Å². The summed E-state index contributed by atoms with van der Waals surface area (Å²) in [5.74, 6) is 0.439. The number of piperidine rings is 1. The highest BCUT2D eigenvalue weighted by molar-refractivity contribution is 6.44. The topological polar surface area (TPSA) is 58.1 Å². The Morgan fingerprint density at radius 3 is 2.57 bits per heavy atom. The summed E-state index contributed by atoms with van der Waals surface area (Å²) in [6.07, 6.45) is 6.71. The Balaban J connectivity index is 1.71. The van der Waals surface area contributed by atoms with Gasteiger partial charge in [-0.1, -0.05) is 29.3 Å². The van der Waals surface area contributed by atoms with Gasteiger partial charge in [-0.3, -0.25) is 4.79 Å². The van der Waals surface area contributed by atoms with Crippen LogP contribution in [0.15, 0.2) is 30.6 Å². The highest BCUT2D eigenvalue weighted by atomic mass is 35.5. The van der Waals surface area contributed by atoms with Crippen molar-refractivity contribution < 1.29 is 4.79 Å². The fourth-order valence-electron chi connectivity index (χ4n) is 2.51. The maximum absolute atomic E-state index is 12.2. The molecular weight excluding hydrogens is 335 g/mol. The number of hydrogen-bond acceptors (Lipinski definition) is 4. The van der Waals surface area contributed by atoms with Crippen LogP contribution in [0, 0.1) is 0 Å². The summed E-state index contributed by atoms with van der Waals surface area (Å²) < 4.78 is 0. The molecule has 1 saturated heterocycles. The third-order valence-electron chi connectivity index (χ3n) is 3.75. The second kappa shape index (κ2) is 7.15. The maximum Gasteiger partial charge on any atom is 0.275 e. The van der Waals surface area contributed by atoms with Crippen molar-refractivity contribution in [3.05, 3.63) is 46.3 Å². The minimum atomic E-state index is -0.369. The van der Waals surface area contributed by atoms with Gasteiger partial charge in [-0.25, -0.2) is 9.97 Å². The molecule has 0 atom stereocenters. The number of benzene rings is 1. The third kappa shape index (κ3) is 3.74. The Morgan fingerprint density at radius 1 is 1.09 bits per heavy atom. The molecular formula is C16H16Cl2N4O. The van der Waals surface area contributed by atoms with Gasteiger partial charge in [-0.2, -0.15) is 0 Å². The van der Waals surface area contributed by atoms with Gasteiger partial charge in [0.15, 0.2) is 0 Å². The van der Waals surface area contributed by atoms with Crippen LogP contribution in [-0.4, -0.2) is 29.0 Å². The van der Waals surface area contributed by atoms with Crippen LogP contribution in [0.5, 0.6) is 0 Å². The number of nitrogens with one attached hydrogen (secondary N) is 1. The van der Waals surface area contributed by atoms with Crippen molar-refractivity contribution in [2.75, 3.05) is 23.3 Å². The first-order valence-corrected chi connectivity index (χ1v) is 8.23. The summed E-state index contributed by atoms with van der Waals surface area (Å²) in [5.41, 5.74) is 0.688. The zero-order valence-electron chi connectivity index (χ0n) is 12.4. The first-order valence-electron chi connectivity index (χ1n) is 7.47. The minimum absolute atomic E-state index is 0.238. The molecule has 1 fully saturated rings. The van der Waals surface area contributed by atoms with E-state index in [-0.39, 0.29) is 11.6 Å². The number of nitrogens with zero attached hydrogens (tertiary/aromatic N) is 3. The molecule has 1 aromatic carbocycles. The van der Waals surface area contributed by atoms with Gasteiger partial charge in [0.2, 0.25) is 0 Å². The molecule has 0 aliphatic carbocycles. The van der Waals surface area contributed by atoms with Gasteiger partial charge in [0, 0.05) is 13.1 Å². The van der Waals surface area contributed by atoms with Crippen molar-refractivity contribution >= 4 is 40.6 Å². The summed E-state index contributed by atoms with van der Waals surface area (Å²) in [6.45, 7) is 1.97. The van der Waals surface area contributed by atoms with Crippen molar-refractivity contribution in [3.8, 4) is 0 Å². The Morgan fingerprint density at radius 2 is 1.87 bits per heavy atom. The molecule has 2 aromatic rings. The van der Waals surface area contributed by atoms with Gasteiger partial charge in [0.1, 0.15) is 11.5 Å². The van der Waals surface area contributed by atoms with E-state index in [1.165, 1.54) is 12.6 Å². The third-order valence-corrected chi connectivity index (χ3v) is 4.57. The molecule has 0 saturated carbocycles. The predicted molar refractivity (Wildman–Crippen MR) is 92.5 cm³/mol. The quantitative estimate of drug-likeness (QED) is 0.907. The molecule has 0 spiro atoms. The predicted octanol–water partition coefficient (Wildman–Crippen LogP) is 4.03. The standard InChI is InChI=1S/C16H16Cl2N4O/c17-11-5-4-6-12(15(11)18)21-16(23)13-9-20-14(10-19-13)22-7-2-1-3-8-22/h4-6,9-10H,1-3,7-8H2,(H,21,23). The highest BCUT2D eigenvalue weighted by Gasteiger charge is 2.15. The average molecular weight is 351 g/mol. The summed E-state index contributed by atoms with van der Waals surface area (Å²) in [6, 6.07) is 5.06. The number of anilines is 2. The second-order valence-corrected chi connectivity index (χ2v) is 6.15. The van der Waals surface area contributed by atoms with Crippen molar-refractivity contribution in [2.24, 2.45) is 0 Å². The molecule has 7 heteroatoms. The molecule has 2 heterocycles. The molecule has 1 aromatic heterocycles. The number of rotatable bonds is 3. The van der Waals surface area contributed by atoms with Crippen LogP contribution in [0.4, 0.5) is 11.5 Å². The van der Waals surface area contributed by atoms with E-state index in [0.717, 1.165) is 31.7 Å². The van der Waals surface area contributed by atoms with E-state index in [1.54, 1.807) is 24.4 Å². The van der Waals surface area contributed by atoms with E-state index in [9.17, 15) is 4.79 Å². The minimum Gasteiger partial charge on any atom is -0.355 e. The summed E-state index contributed by atoms with van der Waals surface area (Å²) >= 11 is 12.0. The lowest BCUT2D eigenvalue weighted by atomic mass is 10.1. The van der Waals surface area contributed by atoms with Crippen LogP contribution < -0.4 is 10.2 Å². The van der Waals surface area contributed by atoms with Crippen LogP contribution in [-0.2, 0) is 0 Å². The zero-order valence-corrected chi connectivity index (χ0v) is 13.9. The Kier molecular flexibility index (Phi) is 4.98. The molecule has 1 amide bonds. The molecule has 120 valence electrons. The van der Waals surface area contributed by atoms with Crippen LogP contribution in [0.2, 0.25) is 10.0 Å². The molecule has 1 aliphatic rings. The molecule has 5 nitrogen and oxygen atoms in total. The van der Waals surface area contributed by atoms with E-state index in [1.807, 2.05) is 0 Å². The van der Waals surface area contributed by atoms with E-state index in [4.69, 9.17) is 23.2 Å².